The summed E-state index contributed by atoms with van der Waals surface area (Å²) in [7, 11) is 0. The number of benzene rings is 1. The van der Waals surface area contributed by atoms with E-state index in [9.17, 15) is 14.9 Å². The van der Waals surface area contributed by atoms with Gasteiger partial charge in [-0.05, 0) is 50.6 Å². The van der Waals surface area contributed by atoms with Crippen LogP contribution in [0.1, 0.15) is 45.8 Å². The summed E-state index contributed by atoms with van der Waals surface area (Å²) in [6.45, 7) is 5.32. The number of nitriles is 1. The normalized spacial score (nSPS) is 10.6. The summed E-state index contributed by atoms with van der Waals surface area (Å²) in [6.07, 6.45) is 1.51. The Hall–Kier alpha value is -3.41. The first-order valence-corrected chi connectivity index (χ1v) is 10.00. The zero-order chi connectivity index (χ0) is 22.7. The molecule has 0 saturated heterocycles. The third-order valence-electron chi connectivity index (χ3n) is 4.22. The molecule has 10 heteroatoms. The largest absolute Gasteiger partial charge is 0.350 e. The quantitative estimate of drug-likeness (QED) is 0.598. The first-order valence-electron chi connectivity index (χ1n) is 9.24. The summed E-state index contributed by atoms with van der Waals surface area (Å²) in [5, 5.41) is 19.2. The number of halogens is 2. The standard InChI is InChI=1S/C21H18Cl2N6O2/c1-11(2)26-20(30)14-8-13(10-24)7-12(3)18(14)27-21(31)16-9-17(23)28-29(16)19-15(22)5-4-6-25-19/h4-9,11H,1-3H3,(H,26,30)(H,27,31). The second kappa shape index (κ2) is 9.16. The molecule has 0 aliphatic rings. The number of anilines is 1. The summed E-state index contributed by atoms with van der Waals surface area (Å²) in [5.74, 6) is -0.757. The highest BCUT2D eigenvalue weighted by atomic mass is 35.5. The average molecular weight is 457 g/mol. The third-order valence-corrected chi connectivity index (χ3v) is 4.70. The molecule has 0 aliphatic heterocycles. The molecule has 3 aromatic rings. The van der Waals surface area contributed by atoms with Crippen molar-refractivity contribution in [3.05, 3.63) is 69.1 Å². The minimum absolute atomic E-state index is 0.0706. The molecular formula is C21H18Cl2N6O2. The van der Waals surface area contributed by atoms with Crippen LogP contribution in [0.3, 0.4) is 0 Å². The highest BCUT2D eigenvalue weighted by molar-refractivity contribution is 6.32. The molecule has 0 bridgehead atoms. The van der Waals surface area contributed by atoms with E-state index in [1.807, 2.05) is 19.9 Å². The van der Waals surface area contributed by atoms with Crippen molar-refractivity contribution in [1.82, 2.24) is 20.1 Å². The molecule has 0 unspecified atom stereocenters. The van der Waals surface area contributed by atoms with Crippen LogP contribution in [0, 0.1) is 18.3 Å². The Bertz CT molecular complexity index is 1210. The van der Waals surface area contributed by atoms with E-state index in [0.717, 1.165) is 0 Å². The van der Waals surface area contributed by atoms with E-state index in [-0.39, 0.29) is 39.0 Å². The Kier molecular flexibility index (Phi) is 6.59. The lowest BCUT2D eigenvalue weighted by molar-refractivity contribution is 0.0944. The number of aromatic nitrogens is 3. The van der Waals surface area contributed by atoms with Gasteiger partial charge in [0.1, 0.15) is 5.69 Å². The topological polar surface area (TPSA) is 113 Å². The Morgan fingerprint density at radius 1 is 1.19 bits per heavy atom. The number of hydrogen-bond acceptors (Lipinski definition) is 5. The van der Waals surface area contributed by atoms with E-state index < -0.39 is 11.8 Å². The molecule has 31 heavy (non-hydrogen) atoms. The molecule has 0 saturated carbocycles. The van der Waals surface area contributed by atoms with Gasteiger partial charge in [-0.25, -0.2) is 9.67 Å². The van der Waals surface area contributed by atoms with Gasteiger partial charge in [0.25, 0.3) is 11.8 Å². The molecule has 2 heterocycles. The van der Waals surface area contributed by atoms with Crippen LogP contribution in [0.25, 0.3) is 5.82 Å². The zero-order valence-corrected chi connectivity index (χ0v) is 18.4. The smallest absolute Gasteiger partial charge is 0.274 e. The fraction of sp³-hybridized carbons (Fsp3) is 0.190. The van der Waals surface area contributed by atoms with Crippen molar-refractivity contribution in [2.45, 2.75) is 26.8 Å². The summed E-state index contributed by atoms with van der Waals surface area (Å²) in [6, 6.07) is 9.54. The third kappa shape index (κ3) is 4.85. The number of nitrogens with zero attached hydrogens (tertiary/aromatic N) is 4. The molecule has 0 fully saturated rings. The van der Waals surface area contributed by atoms with Crippen molar-refractivity contribution < 1.29 is 9.59 Å². The van der Waals surface area contributed by atoms with Crippen molar-refractivity contribution in [3.8, 4) is 11.9 Å². The van der Waals surface area contributed by atoms with Crippen molar-refractivity contribution in [3.63, 3.8) is 0 Å². The highest BCUT2D eigenvalue weighted by Gasteiger charge is 2.23. The Morgan fingerprint density at radius 3 is 2.58 bits per heavy atom. The van der Waals surface area contributed by atoms with Crippen molar-refractivity contribution in [2.75, 3.05) is 5.32 Å². The van der Waals surface area contributed by atoms with Crippen LogP contribution >= 0.6 is 23.2 Å². The number of aryl methyl sites for hydroxylation is 1. The maximum Gasteiger partial charge on any atom is 0.274 e. The highest BCUT2D eigenvalue weighted by Crippen LogP contribution is 2.26. The summed E-state index contributed by atoms with van der Waals surface area (Å²) >= 11 is 12.2. The minimum Gasteiger partial charge on any atom is -0.350 e. The van der Waals surface area contributed by atoms with Gasteiger partial charge in [0.2, 0.25) is 0 Å². The average Bonchev–Trinajstić information content (AvgIpc) is 3.10. The van der Waals surface area contributed by atoms with Crippen molar-refractivity contribution in [2.24, 2.45) is 0 Å². The summed E-state index contributed by atoms with van der Waals surface area (Å²) < 4.78 is 1.23. The van der Waals surface area contributed by atoms with Crippen LogP contribution in [0.4, 0.5) is 5.69 Å². The first-order chi connectivity index (χ1) is 14.7. The summed E-state index contributed by atoms with van der Waals surface area (Å²) in [5.41, 5.74) is 1.38. The van der Waals surface area contributed by atoms with Gasteiger partial charge in [-0.2, -0.15) is 10.4 Å². The monoisotopic (exact) mass is 456 g/mol. The number of rotatable bonds is 5. The number of hydrogen-bond donors (Lipinski definition) is 2. The molecule has 0 spiro atoms. The second-order valence-electron chi connectivity index (χ2n) is 6.98. The van der Waals surface area contributed by atoms with E-state index in [4.69, 9.17) is 23.2 Å². The number of pyridine rings is 1. The molecule has 2 amide bonds. The van der Waals surface area contributed by atoms with E-state index in [1.165, 1.54) is 23.0 Å². The van der Waals surface area contributed by atoms with Gasteiger partial charge in [0, 0.05) is 18.3 Å². The number of nitrogens with one attached hydrogen (secondary N) is 2. The van der Waals surface area contributed by atoms with Gasteiger partial charge in [-0.1, -0.05) is 23.2 Å². The fourth-order valence-electron chi connectivity index (χ4n) is 2.92. The predicted molar refractivity (Wildman–Crippen MR) is 118 cm³/mol. The van der Waals surface area contributed by atoms with Gasteiger partial charge in [0.05, 0.1) is 27.9 Å². The lowest BCUT2D eigenvalue weighted by Crippen LogP contribution is -2.31. The van der Waals surface area contributed by atoms with Crippen LogP contribution in [0.5, 0.6) is 0 Å². The van der Waals surface area contributed by atoms with Gasteiger partial charge in [-0.15, -0.1) is 0 Å². The lowest BCUT2D eigenvalue weighted by atomic mass is 10.0. The maximum atomic E-state index is 13.1. The number of carbonyl (C=O) groups is 2. The van der Waals surface area contributed by atoms with Gasteiger partial charge in [-0.3, -0.25) is 9.59 Å². The van der Waals surface area contributed by atoms with E-state index in [0.29, 0.717) is 11.1 Å². The predicted octanol–water partition coefficient (Wildman–Crippen LogP) is 4.14. The van der Waals surface area contributed by atoms with Gasteiger partial charge < -0.3 is 10.6 Å². The minimum atomic E-state index is -0.576. The van der Waals surface area contributed by atoms with Crippen molar-refractivity contribution >= 4 is 40.7 Å². The van der Waals surface area contributed by atoms with Gasteiger partial charge >= 0.3 is 0 Å². The lowest BCUT2D eigenvalue weighted by Gasteiger charge is -2.16. The molecular weight excluding hydrogens is 439 g/mol. The number of amides is 2. The molecule has 2 N–H and O–H groups in total. The van der Waals surface area contributed by atoms with Crippen LogP contribution < -0.4 is 10.6 Å². The Labute approximate surface area is 188 Å². The molecule has 0 radical (unpaired) electrons. The fourth-order valence-corrected chi connectivity index (χ4v) is 3.30. The Balaban J connectivity index is 2.05. The zero-order valence-electron chi connectivity index (χ0n) is 16.9. The molecule has 3 rings (SSSR count). The van der Waals surface area contributed by atoms with Crippen molar-refractivity contribution in [1.29, 1.82) is 5.26 Å². The molecule has 158 valence electrons. The van der Waals surface area contributed by atoms with E-state index >= 15 is 0 Å². The van der Waals surface area contributed by atoms with Crippen LogP contribution in [0.2, 0.25) is 10.2 Å². The summed E-state index contributed by atoms with van der Waals surface area (Å²) in [4.78, 5) is 30.0. The first kappa shape index (κ1) is 22.3. The molecule has 2 aromatic heterocycles. The molecule has 1 aromatic carbocycles. The van der Waals surface area contributed by atoms with Crippen LogP contribution in [-0.4, -0.2) is 32.6 Å². The number of carbonyl (C=O) groups excluding carboxylic acids is 2. The second-order valence-corrected chi connectivity index (χ2v) is 7.78. The SMILES string of the molecule is Cc1cc(C#N)cc(C(=O)NC(C)C)c1NC(=O)c1cc(Cl)nn1-c1ncccc1Cl. The molecule has 8 nitrogen and oxygen atoms in total. The van der Waals surface area contributed by atoms with E-state index in [1.54, 1.807) is 25.1 Å². The Morgan fingerprint density at radius 2 is 1.94 bits per heavy atom. The molecule has 0 atom stereocenters. The van der Waals surface area contributed by atoms with Crippen LogP contribution in [0.15, 0.2) is 36.5 Å². The van der Waals surface area contributed by atoms with E-state index in [2.05, 4.69) is 20.7 Å². The maximum absolute atomic E-state index is 13.1. The van der Waals surface area contributed by atoms with Gasteiger partial charge in [0.15, 0.2) is 11.0 Å². The molecule has 0 aliphatic carbocycles. The van der Waals surface area contributed by atoms with Crippen LogP contribution in [-0.2, 0) is 0 Å².